The fourth-order valence-corrected chi connectivity index (χ4v) is 3.30. The minimum atomic E-state index is -0.892. The molecule has 18 heavy (non-hydrogen) atoms. The topological polar surface area (TPSA) is 60.9 Å². The van der Waals surface area contributed by atoms with E-state index >= 15 is 0 Å². The summed E-state index contributed by atoms with van der Waals surface area (Å²) >= 11 is 1.51. The van der Waals surface area contributed by atoms with Gasteiger partial charge in [-0.05, 0) is 25.2 Å². The van der Waals surface area contributed by atoms with E-state index in [0.717, 1.165) is 19.5 Å². The van der Waals surface area contributed by atoms with E-state index in [-0.39, 0.29) is 6.03 Å². The maximum atomic E-state index is 12.4. The highest BCUT2D eigenvalue weighted by Crippen LogP contribution is 2.31. The number of carboxylic acid groups (broad SMARTS) is 1. The Labute approximate surface area is 112 Å². The number of hydrogen-bond acceptors (Lipinski definition) is 3. The number of aliphatic carboxylic acids is 1. The van der Waals surface area contributed by atoms with Crippen molar-refractivity contribution in [2.75, 3.05) is 24.7 Å². The minimum Gasteiger partial charge on any atom is -0.480 e. The third-order valence-electron chi connectivity index (χ3n) is 3.35. The molecule has 2 aliphatic rings. The molecule has 102 valence electrons. The molecule has 1 saturated carbocycles. The number of carbonyl (C=O) groups is 2. The first kappa shape index (κ1) is 13.5. The first-order valence-electron chi connectivity index (χ1n) is 6.49. The number of hydrogen-bond donors (Lipinski definition) is 1. The molecule has 1 saturated heterocycles. The average molecular weight is 272 g/mol. The van der Waals surface area contributed by atoms with Gasteiger partial charge < -0.3 is 14.9 Å². The summed E-state index contributed by atoms with van der Waals surface area (Å²) in [6.45, 7) is 3.56. The number of rotatable bonds is 5. The summed E-state index contributed by atoms with van der Waals surface area (Å²) < 4.78 is 0. The van der Waals surface area contributed by atoms with Gasteiger partial charge in [0.1, 0.15) is 6.04 Å². The quantitative estimate of drug-likeness (QED) is 0.827. The molecule has 2 fully saturated rings. The predicted molar refractivity (Wildman–Crippen MR) is 70.6 cm³/mol. The van der Waals surface area contributed by atoms with Crippen molar-refractivity contribution in [1.29, 1.82) is 0 Å². The van der Waals surface area contributed by atoms with Crippen molar-refractivity contribution in [3.63, 3.8) is 0 Å². The molecule has 0 aromatic rings. The highest BCUT2D eigenvalue weighted by Gasteiger charge is 2.37. The van der Waals surface area contributed by atoms with E-state index in [2.05, 4.69) is 0 Å². The van der Waals surface area contributed by atoms with E-state index in [9.17, 15) is 9.59 Å². The van der Waals surface area contributed by atoms with Crippen molar-refractivity contribution in [2.45, 2.75) is 32.2 Å². The lowest BCUT2D eigenvalue weighted by molar-refractivity contribution is -0.140. The maximum absolute atomic E-state index is 12.4. The maximum Gasteiger partial charge on any atom is 0.327 e. The molecule has 0 aromatic heterocycles. The summed E-state index contributed by atoms with van der Waals surface area (Å²) in [4.78, 5) is 26.8. The summed E-state index contributed by atoms with van der Waals surface area (Å²) in [5.74, 6) is 0.751. The molecule has 6 heteroatoms. The van der Waals surface area contributed by atoms with Gasteiger partial charge in [0, 0.05) is 18.8 Å². The van der Waals surface area contributed by atoms with Crippen LogP contribution in [0.1, 0.15) is 26.2 Å². The van der Waals surface area contributed by atoms with E-state index in [1.165, 1.54) is 29.5 Å². The number of nitrogens with zero attached hydrogens (tertiary/aromatic N) is 2. The van der Waals surface area contributed by atoms with Crippen molar-refractivity contribution >= 4 is 23.8 Å². The van der Waals surface area contributed by atoms with Crippen LogP contribution in [0.5, 0.6) is 0 Å². The summed E-state index contributed by atoms with van der Waals surface area (Å²) in [6, 6.07) is -0.748. The number of thioether (sulfide) groups is 1. The molecule has 2 amide bonds. The zero-order chi connectivity index (χ0) is 13.1. The molecule has 5 nitrogen and oxygen atoms in total. The zero-order valence-corrected chi connectivity index (χ0v) is 11.5. The molecule has 1 atom stereocenters. The van der Waals surface area contributed by atoms with E-state index < -0.39 is 12.0 Å². The van der Waals surface area contributed by atoms with Gasteiger partial charge in [0.25, 0.3) is 0 Å². The second-order valence-corrected chi connectivity index (χ2v) is 6.00. The molecular formula is C12H20N2O3S. The Bertz CT molecular complexity index is 333. The van der Waals surface area contributed by atoms with Gasteiger partial charge in [0.15, 0.2) is 0 Å². The second-order valence-electron chi connectivity index (χ2n) is 5.00. The Morgan fingerprint density at radius 1 is 1.44 bits per heavy atom. The largest absolute Gasteiger partial charge is 0.480 e. The van der Waals surface area contributed by atoms with Gasteiger partial charge in [-0.2, -0.15) is 0 Å². The summed E-state index contributed by atoms with van der Waals surface area (Å²) in [5, 5.41) is 9.11. The first-order valence-corrected chi connectivity index (χ1v) is 7.65. The van der Waals surface area contributed by atoms with Crippen molar-refractivity contribution in [3.8, 4) is 0 Å². The van der Waals surface area contributed by atoms with Crippen LogP contribution in [0.15, 0.2) is 0 Å². The average Bonchev–Trinajstić information content (AvgIpc) is 3.01. The molecule has 1 heterocycles. The lowest BCUT2D eigenvalue weighted by Crippen LogP contribution is -2.49. The van der Waals surface area contributed by atoms with Gasteiger partial charge in [0.05, 0.1) is 5.88 Å². The van der Waals surface area contributed by atoms with Crippen molar-refractivity contribution in [1.82, 2.24) is 9.80 Å². The molecule has 0 radical (unpaired) electrons. The Balaban J connectivity index is 1.99. The van der Waals surface area contributed by atoms with Gasteiger partial charge in [-0.1, -0.05) is 6.92 Å². The second kappa shape index (κ2) is 5.82. The molecule has 1 unspecified atom stereocenters. The van der Waals surface area contributed by atoms with Crippen LogP contribution in [0, 0.1) is 5.92 Å². The van der Waals surface area contributed by atoms with Gasteiger partial charge in [-0.25, -0.2) is 9.59 Å². The standard InChI is InChI=1S/C12H20N2O3S/c1-2-5-13(6-9-3-4-9)12(17)14-8-18-7-10(14)11(15)16/h9-10H,2-8H2,1H3,(H,15,16). The van der Waals surface area contributed by atoms with Gasteiger partial charge in [0.2, 0.25) is 0 Å². The van der Waals surface area contributed by atoms with E-state index in [4.69, 9.17) is 5.11 Å². The van der Waals surface area contributed by atoms with Crippen LogP contribution in [-0.2, 0) is 4.79 Å². The minimum absolute atomic E-state index is 0.0962. The molecular weight excluding hydrogens is 252 g/mol. The normalized spacial score (nSPS) is 23.2. The molecule has 0 bridgehead atoms. The monoisotopic (exact) mass is 272 g/mol. The number of amides is 2. The number of carboxylic acids is 1. The zero-order valence-electron chi connectivity index (χ0n) is 10.7. The smallest absolute Gasteiger partial charge is 0.327 e. The van der Waals surface area contributed by atoms with E-state index in [0.29, 0.717) is 17.5 Å². The molecule has 0 aromatic carbocycles. The van der Waals surface area contributed by atoms with Crippen molar-refractivity contribution < 1.29 is 14.7 Å². The molecule has 1 aliphatic carbocycles. The molecule has 1 aliphatic heterocycles. The van der Waals surface area contributed by atoms with E-state index in [1.54, 1.807) is 0 Å². The summed E-state index contributed by atoms with van der Waals surface area (Å²) in [7, 11) is 0. The van der Waals surface area contributed by atoms with Gasteiger partial charge in [-0.15, -0.1) is 11.8 Å². The van der Waals surface area contributed by atoms with Crippen LogP contribution in [0.3, 0.4) is 0 Å². The Morgan fingerprint density at radius 3 is 2.72 bits per heavy atom. The fraction of sp³-hybridized carbons (Fsp3) is 0.833. The lowest BCUT2D eigenvalue weighted by Gasteiger charge is -2.29. The van der Waals surface area contributed by atoms with Crippen LogP contribution in [0.25, 0.3) is 0 Å². The fourth-order valence-electron chi connectivity index (χ4n) is 2.16. The highest BCUT2D eigenvalue weighted by atomic mass is 32.2. The third-order valence-corrected chi connectivity index (χ3v) is 4.36. The Morgan fingerprint density at radius 2 is 2.17 bits per heavy atom. The van der Waals surface area contributed by atoms with Crippen LogP contribution in [0.4, 0.5) is 4.79 Å². The molecule has 0 spiro atoms. The highest BCUT2D eigenvalue weighted by molar-refractivity contribution is 7.99. The van der Waals surface area contributed by atoms with Crippen LogP contribution in [0.2, 0.25) is 0 Å². The van der Waals surface area contributed by atoms with Gasteiger partial charge >= 0.3 is 12.0 Å². The lowest BCUT2D eigenvalue weighted by atomic mass is 10.3. The van der Waals surface area contributed by atoms with Gasteiger partial charge in [-0.3, -0.25) is 0 Å². The predicted octanol–water partition coefficient (Wildman–Crippen LogP) is 1.69. The molecule has 1 N–H and O–H groups in total. The Hall–Kier alpha value is -0.910. The summed E-state index contributed by atoms with van der Waals surface area (Å²) in [6.07, 6.45) is 3.31. The van der Waals surface area contributed by atoms with Crippen molar-refractivity contribution in [3.05, 3.63) is 0 Å². The SMILES string of the molecule is CCCN(CC1CC1)C(=O)N1CSCC1C(=O)O. The number of carbonyl (C=O) groups excluding carboxylic acids is 1. The van der Waals surface area contributed by atoms with Crippen LogP contribution < -0.4 is 0 Å². The first-order chi connectivity index (χ1) is 8.63. The van der Waals surface area contributed by atoms with Crippen molar-refractivity contribution in [2.24, 2.45) is 5.92 Å². The third kappa shape index (κ3) is 3.10. The number of urea groups is 1. The van der Waals surface area contributed by atoms with Crippen LogP contribution in [-0.4, -0.2) is 57.7 Å². The molecule has 2 rings (SSSR count). The Kier molecular flexibility index (Phi) is 4.37. The van der Waals surface area contributed by atoms with E-state index in [1.807, 2.05) is 11.8 Å². The van der Waals surface area contributed by atoms with Crippen LogP contribution >= 0.6 is 11.8 Å². The summed E-state index contributed by atoms with van der Waals surface area (Å²) in [5.41, 5.74) is 0.